The van der Waals surface area contributed by atoms with Gasteiger partial charge in [-0.25, -0.2) is 4.98 Å². The van der Waals surface area contributed by atoms with Crippen LogP contribution < -0.4 is 10.6 Å². The van der Waals surface area contributed by atoms with Gasteiger partial charge >= 0.3 is 0 Å². The second-order valence-electron chi connectivity index (χ2n) is 4.60. The van der Waals surface area contributed by atoms with E-state index in [1.165, 1.54) is 0 Å². The molecular formula is C12H19N3OS. The van der Waals surface area contributed by atoms with Crippen LogP contribution in [0.15, 0.2) is 5.38 Å². The van der Waals surface area contributed by atoms with E-state index in [2.05, 4.69) is 27.9 Å². The van der Waals surface area contributed by atoms with Crippen LogP contribution in [-0.4, -0.2) is 30.0 Å². The van der Waals surface area contributed by atoms with Gasteiger partial charge in [0.05, 0.1) is 16.7 Å². The summed E-state index contributed by atoms with van der Waals surface area (Å²) in [7, 11) is 0. The molecule has 1 saturated heterocycles. The summed E-state index contributed by atoms with van der Waals surface area (Å²) in [6.45, 7) is 5.74. The summed E-state index contributed by atoms with van der Waals surface area (Å²) in [6.07, 6.45) is 1.90. The van der Waals surface area contributed by atoms with Crippen molar-refractivity contribution in [2.75, 3.05) is 13.1 Å². The van der Waals surface area contributed by atoms with Gasteiger partial charge in [0, 0.05) is 18.3 Å². The van der Waals surface area contributed by atoms with Crippen molar-refractivity contribution in [2.45, 2.75) is 32.7 Å². The van der Waals surface area contributed by atoms with Crippen LogP contribution in [0.3, 0.4) is 0 Å². The fourth-order valence-electron chi connectivity index (χ4n) is 2.13. The number of nitrogens with one attached hydrogen (secondary N) is 2. The molecule has 1 aliphatic rings. The summed E-state index contributed by atoms with van der Waals surface area (Å²) in [4.78, 5) is 16.2. The number of aromatic nitrogens is 1. The zero-order valence-electron chi connectivity index (χ0n) is 10.3. The molecule has 0 radical (unpaired) electrons. The van der Waals surface area contributed by atoms with E-state index in [0.29, 0.717) is 12.5 Å². The molecule has 5 heteroatoms. The number of thiazole rings is 1. The van der Waals surface area contributed by atoms with Crippen molar-refractivity contribution in [1.82, 2.24) is 15.6 Å². The first-order valence-corrected chi connectivity index (χ1v) is 6.97. The summed E-state index contributed by atoms with van der Waals surface area (Å²) in [5.74, 6) is 0.568. The third-order valence-electron chi connectivity index (χ3n) is 3.16. The van der Waals surface area contributed by atoms with Gasteiger partial charge in [-0.2, -0.15) is 0 Å². The molecule has 1 amide bonds. The van der Waals surface area contributed by atoms with E-state index in [9.17, 15) is 4.79 Å². The number of carbonyl (C=O) groups excluding carboxylic acids is 1. The smallest absolute Gasteiger partial charge is 0.237 e. The lowest BCUT2D eigenvalue weighted by Gasteiger charge is -2.14. The Hall–Kier alpha value is -0.940. The minimum Gasteiger partial charge on any atom is -0.354 e. The van der Waals surface area contributed by atoms with Crippen LogP contribution in [0.2, 0.25) is 0 Å². The Kier molecular flexibility index (Phi) is 4.12. The quantitative estimate of drug-likeness (QED) is 0.845. The number of rotatable bonds is 4. The predicted octanol–water partition coefficient (Wildman–Crippen LogP) is 1.11. The largest absolute Gasteiger partial charge is 0.354 e. The van der Waals surface area contributed by atoms with Gasteiger partial charge in [-0.1, -0.05) is 6.92 Å². The lowest BCUT2D eigenvalue weighted by molar-refractivity contribution is -0.123. The Morgan fingerprint density at radius 2 is 2.53 bits per heavy atom. The van der Waals surface area contributed by atoms with E-state index in [0.717, 1.165) is 30.1 Å². The van der Waals surface area contributed by atoms with Crippen molar-refractivity contribution in [1.29, 1.82) is 0 Å². The van der Waals surface area contributed by atoms with Crippen LogP contribution in [0.5, 0.6) is 0 Å². The Balaban J connectivity index is 1.73. The molecule has 0 spiro atoms. The maximum Gasteiger partial charge on any atom is 0.237 e. The van der Waals surface area contributed by atoms with E-state index >= 15 is 0 Å². The maximum atomic E-state index is 11.9. The highest BCUT2D eigenvalue weighted by Gasteiger charge is 2.28. The Morgan fingerprint density at radius 3 is 3.12 bits per heavy atom. The van der Waals surface area contributed by atoms with Gasteiger partial charge in [0.1, 0.15) is 0 Å². The molecule has 2 rings (SSSR count). The molecule has 4 nitrogen and oxygen atoms in total. The summed E-state index contributed by atoms with van der Waals surface area (Å²) in [6, 6.07) is -0.00725. The zero-order valence-corrected chi connectivity index (χ0v) is 11.1. The van der Waals surface area contributed by atoms with Crippen molar-refractivity contribution >= 4 is 17.2 Å². The second-order valence-corrected chi connectivity index (χ2v) is 5.66. The molecule has 2 heterocycles. The highest BCUT2D eigenvalue weighted by molar-refractivity contribution is 7.09. The van der Waals surface area contributed by atoms with Crippen molar-refractivity contribution in [2.24, 2.45) is 5.92 Å². The fourth-order valence-corrected chi connectivity index (χ4v) is 2.78. The highest BCUT2D eigenvalue weighted by atomic mass is 32.1. The molecule has 1 aromatic rings. The topological polar surface area (TPSA) is 54.0 Å². The van der Waals surface area contributed by atoms with Crippen LogP contribution in [0, 0.1) is 12.8 Å². The molecule has 1 aromatic heterocycles. The van der Waals surface area contributed by atoms with E-state index in [-0.39, 0.29) is 11.9 Å². The van der Waals surface area contributed by atoms with E-state index in [1.54, 1.807) is 11.3 Å². The Bertz CT molecular complexity index is 391. The average Bonchev–Trinajstić information content (AvgIpc) is 2.87. The Morgan fingerprint density at radius 1 is 1.71 bits per heavy atom. The number of amides is 1. The molecule has 2 unspecified atom stereocenters. The monoisotopic (exact) mass is 253 g/mol. The number of aryl methyl sites for hydroxylation is 1. The number of nitrogens with zero attached hydrogens (tertiary/aromatic N) is 1. The second kappa shape index (κ2) is 5.60. The van der Waals surface area contributed by atoms with Gasteiger partial charge < -0.3 is 10.6 Å². The Labute approximate surface area is 106 Å². The van der Waals surface area contributed by atoms with Crippen LogP contribution in [0.25, 0.3) is 0 Å². The first-order chi connectivity index (χ1) is 8.16. The van der Waals surface area contributed by atoms with Crippen LogP contribution in [0.4, 0.5) is 0 Å². The first kappa shape index (κ1) is 12.5. The van der Waals surface area contributed by atoms with E-state index in [4.69, 9.17) is 0 Å². The maximum absolute atomic E-state index is 11.9. The number of carbonyl (C=O) groups is 1. The van der Waals surface area contributed by atoms with Crippen LogP contribution in [0.1, 0.15) is 24.0 Å². The predicted molar refractivity (Wildman–Crippen MR) is 69.1 cm³/mol. The van der Waals surface area contributed by atoms with E-state index in [1.807, 2.05) is 6.92 Å². The van der Waals surface area contributed by atoms with E-state index < -0.39 is 0 Å². The van der Waals surface area contributed by atoms with Gasteiger partial charge in [-0.15, -0.1) is 11.3 Å². The molecule has 0 aliphatic carbocycles. The molecule has 17 heavy (non-hydrogen) atoms. The molecule has 2 atom stereocenters. The number of hydrogen-bond acceptors (Lipinski definition) is 4. The molecule has 2 N–H and O–H groups in total. The SMILES string of the molecule is Cc1nc(CCNC(=O)C2NCCC2C)cs1. The van der Waals surface area contributed by atoms with Crippen molar-refractivity contribution < 1.29 is 4.79 Å². The molecule has 94 valence electrons. The van der Waals surface area contributed by atoms with Gasteiger partial charge in [0.2, 0.25) is 5.91 Å². The van der Waals surface area contributed by atoms with Gasteiger partial charge in [0.25, 0.3) is 0 Å². The normalized spacial score (nSPS) is 23.9. The van der Waals surface area contributed by atoms with Gasteiger partial charge in [0.15, 0.2) is 0 Å². The summed E-state index contributed by atoms with van der Waals surface area (Å²) in [5.41, 5.74) is 1.07. The third-order valence-corrected chi connectivity index (χ3v) is 3.98. The zero-order chi connectivity index (χ0) is 12.3. The van der Waals surface area contributed by atoms with Crippen molar-refractivity contribution in [3.63, 3.8) is 0 Å². The molecule has 0 aromatic carbocycles. The molecular weight excluding hydrogens is 234 g/mol. The summed E-state index contributed by atoms with van der Waals surface area (Å²) >= 11 is 1.65. The molecule has 0 saturated carbocycles. The summed E-state index contributed by atoms with van der Waals surface area (Å²) < 4.78 is 0. The van der Waals surface area contributed by atoms with Crippen LogP contribution >= 0.6 is 11.3 Å². The van der Waals surface area contributed by atoms with Gasteiger partial charge in [-0.3, -0.25) is 4.79 Å². The number of hydrogen-bond donors (Lipinski definition) is 2. The third kappa shape index (κ3) is 3.26. The highest BCUT2D eigenvalue weighted by Crippen LogP contribution is 2.14. The average molecular weight is 253 g/mol. The van der Waals surface area contributed by atoms with Crippen molar-refractivity contribution in [3.05, 3.63) is 16.1 Å². The van der Waals surface area contributed by atoms with Crippen molar-refractivity contribution in [3.8, 4) is 0 Å². The van der Waals surface area contributed by atoms with Gasteiger partial charge in [-0.05, 0) is 25.8 Å². The lowest BCUT2D eigenvalue weighted by atomic mass is 10.0. The summed E-state index contributed by atoms with van der Waals surface area (Å²) in [5, 5.41) is 9.34. The fraction of sp³-hybridized carbons (Fsp3) is 0.667. The standard InChI is InChI=1S/C12H19N3OS/c1-8-3-5-13-11(8)12(16)14-6-4-10-7-17-9(2)15-10/h7-8,11,13H,3-6H2,1-2H3,(H,14,16). The molecule has 1 aliphatic heterocycles. The molecule has 0 bridgehead atoms. The molecule has 1 fully saturated rings. The minimum atomic E-state index is -0.00725. The van der Waals surface area contributed by atoms with Crippen LogP contribution in [-0.2, 0) is 11.2 Å². The first-order valence-electron chi connectivity index (χ1n) is 6.09. The minimum absolute atomic E-state index is 0.00725. The lowest BCUT2D eigenvalue weighted by Crippen LogP contribution is -2.43.